The number of rotatable bonds is 4. The molecule has 0 atom stereocenters. The molecule has 0 bridgehead atoms. The Hall–Kier alpha value is -1.99. The predicted octanol–water partition coefficient (Wildman–Crippen LogP) is 2.87. The van der Waals surface area contributed by atoms with Crippen molar-refractivity contribution in [3.05, 3.63) is 47.2 Å². The highest BCUT2D eigenvalue weighted by Crippen LogP contribution is 2.27. The van der Waals surface area contributed by atoms with E-state index in [0.29, 0.717) is 5.69 Å². The molecule has 2 aromatic rings. The molecular formula is C13H12ClFN2O3S. The van der Waals surface area contributed by atoms with Crippen LogP contribution in [0.15, 0.2) is 41.3 Å². The largest absolute Gasteiger partial charge is 0.494 e. The van der Waals surface area contributed by atoms with Crippen LogP contribution in [0.3, 0.4) is 0 Å². The van der Waals surface area contributed by atoms with Gasteiger partial charge in [0, 0.05) is 11.8 Å². The second-order valence-corrected chi connectivity index (χ2v) is 6.20. The zero-order valence-corrected chi connectivity index (χ0v) is 12.5. The molecule has 0 aliphatic carbocycles. The van der Waals surface area contributed by atoms with E-state index in [-0.39, 0.29) is 21.4 Å². The van der Waals surface area contributed by atoms with Gasteiger partial charge in [-0.1, -0.05) is 11.6 Å². The molecule has 0 amide bonds. The third-order valence-corrected chi connectivity index (χ3v) is 4.51. The molecule has 0 aromatic heterocycles. The molecule has 112 valence electrons. The van der Waals surface area contributed by atoms with Crippen LogP contribution in [0.5, 0.6) is 5.75 Å². The van der Waals surface area contributed by atoms with Gasteiger partial charge in [0.1, 0.15) is 4.90 Å². The number of sulfonamides is 1. The lowest BCUT2D eigenvalue weighted by Gasteiger charge is -2.11. The van der Waals surface area contributed by atoms with Crippen LogP contribution in [0.2, 0.25) is 5.02 Å². The van der Waals surface area contributed by atoms with Gasteiger partial charge in [-0.25, -0.2) is 12.8 Å². The number of nitrogens with one attached hydrogen (secondary N) is 1. The van der Waals surface area contributed by atoms with Crippen molar-refractivity contribution < 1.29 is 17.5 Å². The van der Waals surface area contributed by atoms with E-state index in [9.17, 15) is 12.8 Å². The smallest absolute Gasteiger partial charge is 0.263 e. The fourth-order valence-corrected chi connectivity index (χ4v) is 3.27. The van der Waals surface area contributed by atoms with Gasteiger partial charge in [0.15, 0.2) is 11.6 Å². The van der Waals surface area contributed by atoms with Crippen molar-refractivity contribution in [2.24, 2.45) is 0 Å². The topological polar surface area (TPSA) is 81.4 Å². The average molecular weight is 331 g/mol. The number of ether oxygens (including phenoxy) is 1. The van der Waals surface area contributed by atoms with Gasteiger partial charge < -0.3 is 10.5 Å². The van der Waals surface area contributed by atoms with Crippen molar-refractivity contribution in [1.82, 2.24) is 0 Å². The Morgan fingerprint density at radius 2 is 1.95 bits per heavy atom. The van der Waals surface area contributed by atoms with Crippen LogP contribution < -0.4 is 15.2 Å². The Morgan fingerprint density at radius 1 is 1.24 bits per heavy atom. The fraction of sp³-hybridized carbons (Fsp3) is 0.0769. The van der Waals surface area contributed by atoms with Crippen molar-refractivity contribution in [2.75, 3.05) is 17.6 Å². The van der Waals surface area contributed by atoms with Crippen molar-refractivity contribution in [1.29, 1.82) is 0 Å². The molecule has 3 N–H and O–H groups in total. The molecule has 0 unspecified atom stereocenters. The molecule has 0 spiro atoms. The lowest BCUT2D eigenvalue weighted by atomic mass is 10.3. The van der Waals surface area contributed by atoms with Gasteiger partial charge in [0.25, 0.3) is 10.0 Å². The Balaban J connectivity index is 2.37. The Morgan fingerprint density at radius 3 is 2.57 bits per heavy atom. The molecule has 0 fully saturated rings. The van der Waals surface area contributed by atoms with Crippen LogP contribution in [0.4, 0.5) is 15.8 Å². The number of hydrogen-bond acceptors (Lipinski definition) is 4. The van der Waals surface area contributed by atoms with E-state index >= 15 is 0 Å². The molecule has 0 aliphatic heterocycles. The maximum Gasteiger partial charge on any atom is 0.263 e. The first-order valence-corrected chi connectivity index (χ1v) is 7.61. The summed E-state index contributed by atoms with van der Waals surface area (Å²) < 4.78 is 44.9. The van der Waals surface area contributed by atoms with E-state index in [1.54, 1.807) is 0 Å². The molecular weight excluding hydrogens is 319 g/mol. The van der Waals surface area contributed by atoms with E-state index in [2.05, 4.69) is 4.72 Å². The summed E-state index contributed by atoms with van der Waals surface area (Å²) >= 11 is 5.88. The Bertz CT molecular complexity index is 781. The van der Waals surface area contributed by atoms with Gasteiger partial charge in [0.05, 0.1) is 17.8 Å². The quantitative estimate of drug-likeness (QED) is 0.845. The highest BCUT2D eigenvalue weighted by molar-refractivity contribution is 7.92. The third kappa shape index (κ3) is 3.37. The first kappa shape index (κ1) is 15.4. The highest BCUT2D eigenvalue weighted by atomic mass is 35.5. The molecule has 0 aliphatic rings. The summed E-state index contributed by atoms with van der Waals surface area (Å²) in [6.07, 6.45) is 0. The lowest BCUT2D eigenvalue weighted by Crippen LogP contribution is -2.13. The molecule has 0 saturated carbocycles. The van der Waals surface area contributed by atoms with Gasteiger partial charge in [0.2, 0.25) is 0 Å². The van der Waals surface area contributed by atoms with Crippen LogP contribution in [-0.4, -0.2) is 15.5 Å². The molecule has 0 heterocycles. The van der Waals surface area contributed by atoms with Gasteiger partial charge in [-0.3, -0.25) is 4.72 Å². The summed E-state index contributed by atoms with van der Waals surface area (Å²) in [6.45, 7) is 0. The van der Waals surface area contributed by atoms with Crippen LogP contribution in [0, 0.1) is 5.82 Å². The van der Waals surface area contributed by atoms with E-state index in [1.165, 1.54) is 37.4 Å². The lowest BCUT2D eigenvalue weighted by molar-refractivity contribution is 0.387. The number of benzene rings is 2. The van der Waals surface area contributed by atoms with E-state index in [1.807, 2.05) is 0 Å². The molecule has 0 saturated heterocycles. The first-order valence-electron chi connectivity index (χ1n) is 5.75. The summed E-state index contributed by atoms with van der Waals surface area (Å²) in [6, 6.07) is 7.66. The Kier molecular flexibility index (Phi) is 4.24. The zero-order valence-electron chi connectivity index (χ0n) is 10.9. The summed E-state index contributed by atoms with van der Waals surface area (Å²) in [5.74, 6) is -0.662. The minimum Gasteiger partial charge on any atom is -0.494 e. The molecule has 2 rings (SSSR count). The summed E-state index contributed by atoms with van der Waals surface area (Å²) in [4.78, 5) is -0.123. The first-order chi connectivity index (χ1) is 9.83. The maximum absolute atomic E-state index is 13.3. The average Bonchev–Trinajstić information content (AvgIpc) is 2.40. The molecule has 2 aromatic carbocycles. The standard InChI is InChI=1S/C13H12ClFN2O3S/c1-20-12-7-9(3-4-11(12)15)17-21(18,19)13-5-2-8(16)6-10(13)14/h2-7,17H,16H2,1H3. The van der Waals surface area contributed by atoms with Crippen molar-refractivity contribution >= 4 is 33.0 Å². The number of anilines is 2. The normalized spacial score (nSPS) is 11.2. The third-order valence-electron chi connectivity index (χ3n) is 2.65. The zero-order chi connectivity index (χ0) is 15.6. The number of methoxy groups -OCH3 is 1. The predicted molar refractivity (Wildman–Crippen MR) is 79.6 cm³/mol. The minimum atomic E-state index is -3.91. The highest BCUT2D eigenvalue weighted by Gasteiger charge is 2.18. The summed E-state index contributed by atoms with van der Waals surface area (Å²) in [5.41, 5.74) is 6.02. The van der Waals surface area contributed by atoms with Gasteiger partial charge in [-0.15, -0.1) is 0 Å². The number of nitrogen functional groups attached to an aromatic ring is 1. The number of nitrogens with two attached hydrogens (primary N) is 1. The Labute approximate surface area is 126 Å². The summed E-state index contributed by atoms with van der Waals surface area (Å²) in [7, 11) is -2.63. The van der Waals surface area contributed by atoms with Crippen LogP contribution in [0.1, 0.15) is 0 Å². The van der Waals surface area contributed by atoms with E-state index in [4.69, 9.17) is 22.1 Å². The second kappa shape index (κ2) is 5.79. The van der Waals surface area contributed by atoms with Gasteiger partial charge >= 0.3 is 0 Å². The number of hydrogen-bond donors (Lipinski definition) is 2. The van der Waals surface area contributed by atoms with Gasteiger partial charge in [-0.2, -0.15) is 0 Å². The summed E-state index contributed by atoms with van der Waals surface area (Å²) in [5, 5.41) is -0.00317. The van der Waals surface area contributed by atoms with E-state index < -0.39 is 15.8 Å². The molecule has 21 heavy (non-hydrogen) atoms. The monoisotopic (exact) mass is 330 g/mol. The van der Waals surface area contributed by atoms with Crippen molar-refractivity contribution in [3.63, 3.8) is 0 Å². The van der Waals surface area contributed by atoms with Crippen LogP contribution >= 0.6 is 11.6 Å². The second-order valence-electron chi connectivity index (χ2n) is 4.14. The minimum absolute atomic E-state index is 0.00317. The van der Waals surface area contributed by atoms with Crippen LogP contribution in [0.25, 0.3) is 0 Å². The van der Waals surface area contributed by atoms with Crippen molar-refractivity contribution in [2.45, 2.75) is 4.90 Å². The number of halogens is 2. The molecule has 5 nitrogen and oxygen atoms in total. The molecule has 0 radical (unpaired) electrons. The van der Waals surface area contributed by atoms with Crippen molar-refractivity contribution in [3.8, 4) is 5.75 Å². The van der Waals surface area contributed by atoms with Gasteiger partial charge in [-0.05, 0) is 30.3 Å². The fourth-order valence-electron chi connectivity index (χ4n) is 1.67. The molecule has 8 heteroatoms. The van der Waals surface area contributed by atoms with E-state index in [0.717, 1.165) is 6.07 Å². The SMILES string of the molecule is COc1cc(NS(=O)(=O)c2ccc(N)cc2Cl)ccc1F. The maximum atomic E-state index is 13.3. The van der Waals surface area contributed by atoms with Crippen LogP contribution in [-0.2, 0) is 10.0 Å².